The monoisotopic (exact) mass is 308 g/mol. The lowest BCUT2D eigenvalue weighted by Crippen LogP contribution is -2.13. The van der Waals surface area contributed by atoms with Crippen LogP contribution in [0, 0.1) is 0 Å². The van der Waals surface area contributed by atoms with Crippen molar-refractivity contribution in [3.05, 3.63) is 35.0 Å². The van der Waals surface area contributed by atoms with Gasteiger partial charge in [-0.15, -0.1) is 0 Å². The van der Waals surface area contributed by atoms with E-state index in [9.17, 15) is 0 Å². The van der Waals surface area contributed by atoms with Crippen LogP contribution in [0.25, 0.3) is 10.9 Å². The average molecular weight is 309 g/mol. The molecule has 0 unspecified atom stereocenters. The van der Waals surface area contributed by atoms with Crippen LogP contribution in [0.2, 0.25) is 5.02 Å². The molecule has 0 saturated heterocycles. The van der Waals surface area contributed by atoms with Gasteiger partial charge < -0.3 is 14.6 Å². The molecule has 0 atom stereocenters. The minimum atomic E-state index is 0.782. The average Bonchev–Trinajstić information content (AvgIpc) is 2.81. The summed E-state index contributed by atoms with van der Waals surface area (Å²) in [7, 11) is 0. The van der Waals surface area contributed by atoms with E-state index in [1.54, 1.807) is 0 Å². The molecule has 1 aromatic carbocycles. The van der Waals surface area contributed by atoms with E-state index in [1.807, 2.05) is 13.0 Å². The van der Waals surface area contributed by atoms with Crippen molar-refractivity contribution in [2.45, 2.75) is 39.8 Å². The molecular weight excluding hydrogens is 284 g/mol. The first-order valence-corrected chi connectivity index (χ1v) is 8.19. The van der Waals surface area contributed by atoms with Crippen molar-refractivity contribution in [1.82, 2.24) is 9.88 Å². The van der Waals surface area contributed by atoms with Crippen molar-refractivity contribution >= 4 is 22.5 Å². The number of fused-ring (bicyclic) bond motifs is 1. The molecule has 1 heterocycles. The van der Waals surface area contributed by atoms with Gasteiger partial charge in [-0.1, -0.05) is 24.6 Å². The molecule has 21 heavy (non-hydrogen) atoms. The summed E-state index contributed by atoms with van der Waals surface area (Å²) < 4.78 is 7.72. The van der Waals surface area contributed by atoms with Gasteiger partial charge in [-0.2, -0.15) is 0 Å². The molecule has 116 valence electrons. The van der Waals surface area contributed by atoms with Gasteiger partial charge in [0.1, 0.15) is 0 Å². The molecule has 3 nitrogen and oxygen atoms in total. The molecule has 1 N–H and O–H groups in total. The third kappa shape index (κ3) is 4.47. The highest BCUT2D eigenvalue weighted by Gasteiger charge is 2.08. The van der Waals surface area contributed by atoms with Gasteiger partial charge in [0, 0.05) is 48.4 Å². The molecule has 0 aliphatic carbocycles. The number of hydrogen-bond donors (Lipinski definition) is 1. The van der Waals surface area contributed by atoms with Crippen LogP contribution in [0.3, 0.4) is 0 Å². The van der Waals surface area contributed by atoms with Crippen LogP contribution in [0.15, 0.2) is 24.4 Å². The zero-order valence-electron chi connectivity index (χ0n) is 13.0. The molecule has 4 heteroatoms. The van der Waals surface area contributed by atoms with Crippen molar-refractivity contribution in [3.63, 3.8) is 0 Å². The molecule has 0 aliphatic rings. The maximum absolute atomic E-state index is 6.16. The van der Waals surface area contributed by atoms with E-state index >= 15 is 0 Å². The fraction of sp³-hybridized carbons (Fsp3) is 0.529. The van der Waals surface area contributed by atoms with Crippen LogP contribution in [0.4, 0.5) is 0 Å². The number of aromatic nitrogens is 1. The topological polar surface area (TPSA) is 26.2 Å². The Labute approximate surface area is 132 Å². The lowest BCUT2D eigenvalue weighted by molar-refractivity contribution is 0.142. The number of hydrogen-bond acceptors (Lipinski definition) is 2. The highest BCUT2D eigenvalue weighted by molar-refractivity contribution is 6.31. The molecule has 0 spiro atoms. The number of nitrogens with one attached hydrogen (secondary N) is 1. The Morgan fingerprint density at radius 1 is 1.29 bits per heavy atom. The van der Waals surface area contributed by atoms with Crippen molar-refractivity contribution < 1.29 is 4.74 Å². The van der Waals surface area contributed by atoms with Crippen molar-refractivity contribution in [1.29, 1.82) is 0 Å². The van der Waals surface area contributed by atoms with Gasteiger partial charge >= 0.3 is 0 Å². The molecule has 2 rings (SSSR count). The highest BCUT2D eigenvalue weighted by Crippen LogP contribution is 2.25. The van der Waals surface area contributed by atoms with E-state index in [2.05, 4.69) is 35.1 Å². The molecule has 0 aliphatic heterocycles. The second kappa shape index (κ2) is 8.42. The van der Waals surface area contributed by atoms with E-state index < -0.39 is 0 Å². The number of ether oxygens (including phenoxy) is 1. The van der Waals surface area contributed by atoms with E-state index in [-0.39, 0.29) is 0 Å². The summed E-state index contributed by atoms with van der Waals surface area (Å²) in [6, 6.07) is 6.15. The van der Waals surface area contributed by atoms with Crippen LogP contribution in [0.5, 0.6) is 0 Å². The lowest BCUT2D eigenvalue weighted by atomic mass is 10.2. The maximum atomic E-state index is 6.16. The van der Waals surface area contributed by atoms with E-state index in [4.69, 9.17) is 16.3 Å². The Morgan fingerprint density at radius 3 is 2.90 bits per heavy atom. The predicted octanol–water partition coefficient (Wildman–Crippen LogP) is 4.22. The standard InChI is InChI=1S/C17H25ClN2O/c1-3-8-19-12-14-13-20(9-5-10-21-4-2)17-11-15(18)6-7-16(14)17/h6-7,11,13,19H,3-5,8-10,12H2,1-2H3. The fourth-order valence-corrected chi connectivity index (χ4v) is 2.71. The Morgan fingerprint density at radius 2 is 2.14 bits per heavy atom. The smallest absolute Gasteiger partial charge is 0.0498 e. The van der Waals surface area contributed by atoms with E-state index in [0.717, 1.165) is 50.7 Å². The largest absolute Gasteiger partial charge is 0.382 e. The van der Waals surface area contributed by atoms with Gasteiger partial charge in [-0.05, 0) is 44.0 Å². The second-order valence-electron chi connectivity index (χ2n) is 5.24. The van der Waals surface area contributed by atoms with Crippen molar-refractivity contribution in [2.75, 3.05) is 19.8 Å². The summed E-state index contributed by atoms with van der Waals surface area (Å²) in [4.78, 5) is 0. The first-order valence-electron chi connectivity index (χ1n) is 7.82. The predicted molar refractivity (Wildman–Crippen MR) is 90.1 cm³/mol. The van der Waals surface area contributed by atoms with Gasteiger partial charge in [-0.3, -0.25) is 0 Å². The molecule has 0 bridgehead atoms. The van der Waals surface area contributed by atoms with E-state index in [1.165, 1.54) is 16.5 Å². The van der Waals surface area contributed by atoms with Crippen molar-refractivity contribution in [3.8, 4) is 0 Å². The number of benzene rings is 1. The lowest BCUT2D eigenvalue weighted by Gasteiger charge is -2.05. The van der Waals surface area contributed by atoms with Gasteiger partial charge in [0.2, 0.25) is 0 Å². The fourth-order valence-electron chi connectivity index (χ4n) is 2.55. The summed E-state index contributed by atoms with van der Waals surface area (Å²) in [5.41, 5.74) is 2.55. The van der Waals surface area contributed by atoms with Crippen LogP contribution >= 0.6 is 11.6 Å². The second-order valence-corrected chi connectivity index (χ2v) is 5.67. The Hall–Kier alpha value is -1.03. The summed E-state index contributed by atoms with van der Waals surface area (Å²) >= 11 is 6.16. The normalized spacial score (nSPS) is 11.4. The Bertz CT molecular complexity index is 565. The van der Waals surface area contributed by atoms with Gasteiger partial charge in [0.25, 0.3) is 0 Å². The van der Waals surface area contributed by atoms with Gasteiger partial charge in [0.05, 0.1) is 0 Å². The van der Waals surface area contributed by atoms with Crippen molar-refractivity contribution in [2.24, 2.45) is 0 Å². The van der Waals surface area contributed by atoms with Crippen LogP contribution in [-0.4, -0.2) is 24.3 Å². The molecule has 2 aromatic rings. The van der Waals surface area contributed by atoms with Crippen LogP contribution in [0.1, 0.15) is 32.3 Å². The summed E-state index contributed by atoms with van der Waals surface area (Å²) in [5, 5.41) is 5.56. The molecule has 0 radical (unpaired) electrons. The molecule has 0 saturated carbocycles. The molecule has 0 amide bonds. The molecule has 1 aromatic heterocycles. The SMILES string of the molecule is CCCNCc1cn(CCCOCC)c2cc(Cl)ccc12. The maximum Gasteiger partial charge on any atom is 0.0498 e. The summed E-state index contributed by atoms with van der Waals surface area (Å²) in [5.74, 6) is 0. The van der Waals surface area contributed by atoms with Gasteiger partial charge in [0.15, 0.2) is 0 Å². The van der Waals surface area contributed by atoms with Gasteiger partial charge in [-0.25, -0.2) is 0 Å². The summed E-state index contributed by atoms with van der Waals surface area (Å²) in [6.07, 6.45) is 4.42. The minimum Gasteiger partial charge on any atom is -0.382 e. The van der Waals surface area contributed by atoms with E-state index in [0.29, 0.717) is 0 Å². The zero-order valence-corrected chi connectivity index (χ0v) is 13.7. The number of halogens is 1. The molecule has 0 fully saturated rings. The highest BCUT2D eigenvalue weighted by atomic mass is 35.5. The van der Waals surface area contributed by atoms with Crippen LogP contribution < -0.4 is 5.32 Å². The third-order valence-electron chi connectivity index (χ3n) is 3.56. The quantitative estimate of drug-likeness (QED) is 0.702. The first kappa shape index (κ1) is 16.3. The van der Waals surface area contributed by atoms with Crippen LogP contribution in [-0.2, 0) is 17.8 Å². The third-order valence-corrected chi connectivity index (χ3v) is 3.80. The number of nitrogens with zero attached hydrogens (tertiary/aromatic N) is 1. The molecular formula is C17H25ClN2O. The Balaban J connectivity index is 2.16. The first-order chi connectivity index (χ1) is 10.3. The number of rotatable bonds is 9. The minimum absolute atomic E-state index is 0.782. The zero-order chi connectivity index (χ0) is 15.1. The Kier molecular flexibility index (Phi) is 6.55. The number of aryl methyl sites for hydroxylation is 1. The summed E-state index contributed by atoms with van der Waals surface area (Å²) in [6.45, 7) is 8.72.